The molecular weight excluding hydrogens is 507 g/mol. The highest BCUT2D eigenvalue weighted by molar-refractivity contribution is 7.98. The lowest BCUT2D eigenvalue weighted by molar-refractivity contribution is -0.00230. The Labute approximate surface area is 215 Å². The van der Waals surface area contributed by atoms with Gasteiger partial charge in [-0.3, -0.25) is 9.71 Å². The predicted octanol–water partition coefficient (Wildman–Crippen LogP) is 5.42. The highest BCUT2D eigenvalue weighted by Gasteiger charge is 2.30. The number of aliphatic hydroxyl groups is 2. The minimum absolute atomic E-state index is 0.0497. The van der Waals surface area contributed by atoms with E-state index in [1.807, 2.05) is 24.3 Å². The number of fused-ring (bicyclic) bond motifs is 1. The number of aromatic nitrogens is 2. The maximum Gasteiger partial charge on any atom is 0.155 e. The molecule has 1 aromatic carbocycles. The van der Waals surface area contributed by atoms with Crippen molar-refractivity contribution in [3.8, 4) is 11.3 Å². The van der Waals surface area contributed by atoms with Gasteiger partial charge < -0.3 is 15.9 Å². The zero-order valence-electron chi connectivity index (χ0n) is 18.8. The average molecular weight is 531 g/mol. The number of pyridine rings is 2. The Hall–Kier alpha value is -2.27. The van der Waals surface area contributed by atoms with Gasteiger partial charge in [0.25, 0.3) is 0 Å². The van der Waals surface area contributed by atoms with Crippen molar-refractivity contribution in [3.63, 3.8) is 0 Å². The number of aliphatic hydroxyl groups excluding tert-OH is 1. The summed E-state index contributed by atoms with van der Waals surface area (Å²) in [6.45, 7) is 1.15. The van der Waals surface area contributed by atoms with Crippen LogP contribution in [0.1, 0.15) is 41.8 Å². The Balaban J connectivity index is 1.61. The van der Waals surface area contributed by atoms with E-state index in [4.69, 9.17) is 17.3 Å². The second kappa shape index (κ2) is 9.65. The summed E-state index contributed by atoms with van der Waals surface area (Å²) in [5, 5.41) is 21.6. The van der Waals surface area contributed by atoms with Crippen LogP contribution in [0.4, 0.5) is 10.1 Å². The van der Waals surface area contributed by atoms with Gasteiger partial charge in [-0.05, 0) is 48.9 Å². The predicted molar refractivity (Wildman–Crippen MR) is 141 cm³/mol. The molecule has 6 nitrogen and oxygen atoms in total. The van der Waals surface area contributed by atoms with Crippen molar-refractivity contribution in [2.75, 3.05) is 12.3 Å². The fourth-order valence-electron chi connectivity index (χ4n) is 3.78. The molecule has 2 atom stereocenters. The van der Waals surface area contributed by atoms with Crippen molar-refractivity contribution in [2.45, 2.75) is 36.7 Å². The van der Waals surface area contributed by atoms with Crippen LogP contribution in [0.3, 0.4) is 0 Å². The number of nitrogens with one attached hydrogen (secondary N) is 1. The summed E-state index contributed by atoms with van der Waals surface area (Å²) >= 11 is 9.47. The van der Waals surface area contributed by atoms with Crippen molar-refractivity contribution in [2.24, 2.45) is 0 Å². The van der Waals surface area contributed by atoms with E-state index in [9.17, 15) is 10.2 Å². The number of hydrogen-bond acceptors (Lipinski definition) is 8. The van der Waals surface area contributed by atoms with Crippen LogP contribution in [0.2, 0.25) is 5.15 Å². The molecule has 1 aliphatic carbocycles. The highest BCUT2D eigenvalue weighted by atomic mass is 35.5. The molecule has 1 aliphatic rings. The summed E-state index contributed by atoms with van der Waals surface area (Å²) in [5.41, 5.74) is 6.75. The molecular formula is C25H24ClFN4O2S2. The number of nitrogen functional groups attached to an aromatic ring is 1. The smallest absolute Gasteiger partial charge is 0.155 e. The number of anilines is 1. The molecule has 4 aromatic rings. The van der Waals surface area contributed by atoms with Gasteiger partial charge in [-0.1, -0.05) is 41.7 Å². The molecule has 0 bridgehead atoms. The van der Waals surface area contributed by atoms with Crippen LogP contribution in [0.25, 0.3) is 21.3 Å². The van der Waals surface area contributed by atoms with E-state index in [1.54, 1.807) is 37.2 Å². The van der Waals surface area contributed by atoms with Crippen molar-refractivity contribution < 1.29 is 14.6 Å². The van der Waals surface area contributed by atoms with E-state index >= 15 is 4.39 Å². The van der Waals surface area contributed by atoms with Gasteiger partial charge in [0.15, 0.2) is 5.82 Å². The molecule has 0 spiro atoms. The molecule has 5 N–H and O–H groups in total. The summed E-state index contributed by atoms with van der Waals surface area (Å²) in [7, 11) is 0. The number of benzene rings is 1. The van der Waals surface area contributed by atoms with E-state index in [-0.39, 0.29) is 16.4 Å². The second-order valence-electron chi connectivity index (χ2n) is 8.83. The van der Waals surface area contributed by atoms with Gasteiger partial charge in [-0.2, -0.15) is 0 Å². The summed E-state index contributed by atoms with van der Waals surface area (Å²) in [6.07, 6.45) is 5.08. The van der Waals surface area contributed by atoms with Crippen LogP contribution < -0.4 is 10.5 Å². The molecule has 1 saturated carbocycles. The Bertz CT molecular complexity index is 1390. The van der Waals surface area contributed by atoms with Crippen LogP contribution >= 0.6 is 34.9 Å². The number of rotatable bonds is 8. The number of hydrogen-bond donors (Lipinski definition) is 4. The molecule has 0 saturated heterocycles. The van der Waals surface area contributed by atoms with E-state index in [0.717, 1.165) is 33.4 Å². The molecule has 35 heavy (non-hydrogen) atoms. The molecule has 3 aromatic heterocycles. The van der Waals surface area contributed by atoms with Gasteiger partial charge >= 0.3 is 0 Å². The lowest BCUT2D eigenvalue weighted by atomic mass is 9.96. The largest absolute Gasteiger partial charge is 0.395 e. The summed E-state index contributed by atoms with van der Waals surface area (Å²) < 4.78 is 19.6. The molecule has 2 unspecified atom stereocenters. The first-order chi connectivity index (χ1) is 16.8. The first-order valence-corrected chi connectivity index (χ1v) is 13.2. The van der Waals surface area contributed by atoms with E-state index in [1.165, 1.54) is 17.5 Å². The molecule has 10 heteroatoms. The van der Waals surface area contributed by atoms with E-state index in [0.29, 0.717) is 16.5 Å². The van der Waals surface area contributed by atoms with E-state index < -0.39 is 24.1 Å². The van der Waals surface area contributed by atoms with Gasteiger partial charge in [-0.15, -0.1) is 11.3 Å². The van der Waals surface area contributed by atoms with Crippen molar-refractivity contribution >= 4 is 50.7 Å². The quantitative estimate of drug-likeness (QED) is 0.178. The standard InChI is InChI=1S/C25H24ClFN4O2S2/c1-25(33,12-32)14-7-8-29-18(10-14)16-4-2-3-13-9-19(34-23(13)16)22(31-35-15-5-6-15)20-21(27)17(28)11-30-24(20)26/h2-4,7-11,15,22,31-33H,5-6,12,28H2,1H3. The van der Waals surface area contributed by atoms with Crippen molar-refractivity contribution in [1.82, 2.24) is 14.7 Å². The molecule has 0 aliphatic heterocycles. The minimum Gasteiger partial charge on any atom is -0.395 e. The van der Waals surface area contributed by atoms with Gasteiger partial charge in [0.2, 0.25) is 0 Å². The lowest BCUT2D eigenvalue weighted by Gasteiger charge is -2.21. The van der Waals surface area contributed by atoms with Gasteiger partial charge in [-0.25, -0.2) is 9.37 Å². The molecule has 182 valence electrons. The number of thiophene rings is 1. The van der Waals surface area contributed by atoms with Crippen LogP contribution in [-0.2, 0) is 5.60 Å². The summed E-state index contributed by atoms with van der Waals surface area (Å²) in [5.74, 6) is -0.572. The third-order valence-electron chi connectivity index (χ3n) is 6.01. The fraction of sp³-hybridized carbons (Fsp3) is 0.280. The monoisotopic (exact) mass is 530 g/mol. The number of nitrogens with two attached hydrogens (primary N) is 1. The molecule has 5 rings (SSSR count). The Morgan fingerprint density at radius 3 is 2.86 bits per heavy atom. The maximum absolute atomic E-state index is 15.2. The maximum atomic E-state index is 15.2. The van der Waals surface area contributed by atoms with Crippen LogP contribution in [0.5, 0.6) is 0 Å². The SMILES string of the molecule is CC(O)(CO)c1ccnc(-c2cccc3cc(C(NSC4CC4)c4c(Cl)ncc(N)c4F)sc23)c1. The third-order valence-corrected chi connectivity index (χ3v) is 8.73. The van der Waals surface area contributed by atoms with Gasteiger partial charge in [0.1, 0.15) is 10.8 Å². The lowest BCUT2D eigenvalue weighted by Crippen LogP contribution is -2.25. The Morgan fingerprint density at radius 2 is 2.11 bits per heavy atom. The second-order valence-corrected chi connectivity index (χ2v) is 11.4. The first kappa shape index (κ1) is 24.4. The number of nitrogens with zero attached hydrogens (tertiary/aromatic N) is 2. The highest BCUT2D eigenvalue weighted by Crippen LogP contribution is 2.43. The Morgan fingerprint density at radius 1 is 1.31 bits per heavy atom. The zero-order valence-corrected chi connectivity index (χ0v) is 21.2. The first-order valence-electron chi connectivity index (χ1n) is 11.1. The average Bonchev–Trinajstić information content (AvgIpc) is 3.59. The molecule has 1 fully saturated rings. The summed E-state index contributed by atoms with van der Waals surface area (Å²) in [4.78, 5) is 9.47. The zero-order chi connectivity index (χ0) is 24.7. The summed E-state index contributed by atoms with van der Waals surface area (Å²) in [6, 6.07) is 10.8. The van der Waals surface area contributed by atoms with E-state index in [2.05, 4.69) is 14.7 Å². The minimum atomic E-state index is -1.38. The van der Waals surface area contributed by atoms with Crippen molar-refractivity contribution in [3.05, 3.63) is 75.8 Å². The number of halogens is 2. The fourth-order valence-corrected chi connectivity index (χ4v) is 6.29. The van der Waals surface area contributed by atoms with Crippen LogP contribution in [0, 0.1) is 5.82 Å². The molecule has 3 heterocycles. The molecule has 0 radical (unpaired) electrons. The normalized spacial score (nSPS) is 16.4. The molecule has 0 amide bonds. The van der Waals surface area contributed by atoms with Crippen LogP contribution in [-0.4, -0.2) is 32.0 Å². The van der Waals surface area contributed by atoms with Crippen molar-refractivity contribution in [1.29, 1.82) is 0 Å². The van der Waals surface area contributed by atoms with Crippen LogP contribution in [0.15, 0.2) is 48.8 Å². The third kappa shape index (κ3) is 4.89. The van der Waals surface area contributed by atoms with Gasteiger partial charge in [0.05, 0.1) is 35.8 Å². The van der Waals surface area contributed by atoms with Gasteiger partial charge in [0, 0.05) is 26.6 Å². The topological polar surface area (TPSA) is 104 Å². The Kier molecular flexibility index (Phi) is 6.73.